The number of H-pyrrole nitrogens is 1. The van der Waals surface area contributed by atoms with E-state index in [1.54, 1.807) is 6.20 Å². The summed E-state index contributed by atoms with van der Waals surface area (Å²) < 4.78 is 5.69. The van der Waals surface area contributed by atoms with Gasteiger partial charge in [-0.05, 0) is 43.7 Å². The number of fused-ring (bicyclic) bond motifs is 1. The van der Waals surface area contributed by atoms with Crippen LogP contribution in [0.5, 0.6) is 5.75 Å². The maximum atomic E-state index is 11.9. The molecule has 0 atom stereocenters. The van der Waals surface area contributed by atoms with Crippen molar-refractivity contribution in [2.45, 2.75) is 26.3 Å². The topological polar surface area (TPSA) is 105 Å². The van der Waals surface area contributed by atoms with Gasteiger partial charge in [0.15, 0.2) is 12.4 Å². The predicted molar refractivity (Wildman–Crippen MR) is 136 cm³/mol. The minimum Gasteiger partial charge on any atom is -0.484 e. The standard InChI is InChI=1S/C27H26N6O2/c1-17(2)30-25(34)16-35-22-6-3-5-19(13-22)26-32-24-8-4-7-23(24)27(33-26)31-21-11-9-18(10-12-21)20-14-28-29-15-20/h3-7,9-15,17H,8,16H2,1-2H3,(H,28,29)(H,30,34)(H,31,32,33). The van der Waals surface area contributed by atoms with Gasteiger partial charge in [0, 0.05) is 41.0 Å². The smallest absolute Gasteiger partial charge is 0.258 e. The van der Waals surface area contributed by atoms with Crippen molar-refractivity contribution in [2.24, 2.45) is 0 Å². The molecule has 0 bridgehead atoms. The summed E-state index contributed by atoms with van der Waals surface area (Å²) in [6, 6.07) is 15.7. The molecule has 0 saturated heterocycles. The first kappa shape index (κ1) is 22.3. The maximum absolute atomic E-state index is 11.9. The summed E-state index contributed by atoms with van der Waals surface area (Å²) in [5.74, 6) is 1.78. The second kappa shape index (κ2) is 9.80. The number of amides is 1. The van der Waals surface area contributed by atoms with Crippen LogP contribution in [0.1, 0.15) is 25.1 Å². The summed E-state index contributed by atoms with van der Waals surface area (Å²) in [5, 5.41) is 13.1. The summed E-state index contributed by atoms with van der Waals surface area (Å²) >= 11 is 0. The van der Waals surface area contributed by atoms with E-state index in [9.17, 15) is 4.79 Å². The fraction of sp³-hybridized carbons (Fsp3) is 0.185. The van der Waals surface area contributed by atoms with E-state index in [-0.39, 0.29) is 18.6 Å². The first-order valence-corrected chi connectivity index (χ1v) is 11.5. The van der Waals surface area contributed by atoms with E-state index in [2.05, 4.69) is 26.9 Å². The molecule has 4 aromatic rings. The van der Waals surface area contributed by atoms with Crippen LogP contribution in [0.15, 0.2) is 67.0 Å². The fourth-order valence-electron chi connectivity index (χ4n) is 3.89. The number of hydrogen-bond donors (Lipinski definition) is 3. The molecule has 0 spiro atoms. The third kappa shape index (κ3) is 5.22. The Hall–Kier alpha value is -4.46. The average molecular weight is 467 g/mol. The quantitative estimate of drug-likeness (QED) is 0.346. The predicted octanol–water partition coefficient (Wildman–Crippen LogP) is 4.75. The number of benzene rings is 2. The van der Waals surface area contributed by atoms with Crippen LogP contribution >= 0.6 is 0 Å². The molecule has 0 fully saturated rings. The highest BCUT2D eigenvalue weighted by Gasteiger charge is 2.17. The van der Waals surface area contributed by atoms with Gasteiger partial charge in [-0.15, -0.1) is 0 Å². The summed E-state index contributed by atoms with van der Waals surface area (Å²) in [6.07, 6.45) is 8.55. The molecule has 0 radical (unpaired) electrons. The molecule has 8 nitrogen and oxygen atoms in total. The fourth-order valence-corrected chi connectivity index (χ4v) is 3.89. The van der Waals surface area contributed by atoms with E-state index in [0.717, 1.165) is 45.9 Å². The van der Waals surface area contributed by atoms with E-state index in [1.165, 1.54) is 0 Å². The van der Waals surface area contributed by atoms with Gasteiger partial charge in [0.25, 0.3) is 5.91 Å². The number of carbonyl (C=O) groups is 1. The van der Waals surface area contributed by atoms with Gasteiger partial charge in [0.1, 0.15) is 11.6 Å². The number of carbonyl (C=O) groups excluding carboxylic acids is 1. The number of aromatic amines is 1. The highest BCUT2D eigenvalue weighted by molar-refractivity contribution is 5.78. The maximum Gasteiger partial charge on any atom is 0.258 e. The van der Waals surface area contributed by atoms with Gasteiger partial charge in [-0.1, -0.05) is 36.4 Å². The molecular weight excluding hydrogens is 440 g/mol. The highest BCUT2D eigenvalue weighted by Crippen LogP contribution is 2.31. The molecule has 2 heterocycles. The summed E-state index contributed by atoms with van der Waals surface area (Å²) in [4.78, 5) is 21.6. The van der Waals surface area contributed by atoms with Gasteiger partial charge in [0.05, 0.1) is 11.9 Å². The van der Waals surface area contributed by atoms with Gasteiger partial charge in [-0.2, -0.15) is 5.10 Å². The van der Waals surface area contributed by atoms with Crippen LogP contribution in [0.4, 0.5) is 11.5 Å². The number of hydrogen-bond acceptors (Lipinski definition) is 6. The van der Waals surface area contributed by atoms with Crippen LogP contribution in [0.2, 0.25) is 0 Å². The SMILES string of the molecule is CC(C)NC(=O)COc1cccc(-c2nc3c(c(Nc4ccc(-c5cn[nH]c5)cc4)n2)C=CC3)c1. The van der Waals surface area contributed by atoms with Crippen molar-refractivity contribution in [2.75, 3.05) is 11.9 Å². The van der Waals surface area contributed by atoms with E-state index in [1.807, 2.05) is 74.7 Å². The molecular formula is C27H26N6O2. The third-order valence-electron chi connectivity index (χ3n) is 5.51. The van der Waals surface area contributed by atoms with Gasteiger partial charge in [-0.25, -0.2) is 9.97 Å². The molecule has 2 aromatic heterocycles. The molecule has 1 aliphatic rings. The Balaban J connectivity index is 1.38. The van der Waals surface area contributed by atoms with Crippen molar-refractivity contribution in [1.29, 1.82) is 0 Å². The monoisotopic (exact) mass is 466 g/mol. The van der Waals surface area contributed by atoms with Gasteiger partial charge in [-0.3, -0.25) is 9.89 Å². The average Bonchev–Trinajstić information content (AvgIpc) is 3.56. The number of aromatic nitrogens is 4. The van der Waals surface area contributed by atoms with Crippen LogP contribution in [-0.2, 0) is 11.2 Å². The Morgan fingerprint density at radius 1 is 1.09 bits per heavy atom. The van der Waals surface area contributed by atoms with Crippen molar-refractivity contribution in [1.82, 2.24) is 25.5 Å². The molecule has 35 heavy (non-hydrogen) atoms. The van der Waals surface area contributed by atoms with Crippen molar-refractivity contribution in [3.8, 4) is 28.3 Å². The first-order chi connectivity index (χ1) is 17.0. The minimum atomic E-state index is -0.157. The number of rotatable bonds is 8. The van der Waals surface area contributed by atoms with Crippen LogP contribution in [0.3, 0.4) is 0 Å². The number of anilines is 2. The van der Waals surface area contributed by atoms with Gasteiger partial charge >= 0.3 is 0 Å². The molecule has 0 saturated carbocycles. The van der Waals surface area contributed by atoms with Crippen molar-refractivity contribution in [3.05, 3.63) is 78.3 Å². The first-order valence-electron chi connectivity index (χ1n) is 11.5. The zero-order valence-electron chi connectivity index (χ0n) is 19.6. The lowest BCUT2D eigenvalue weighted by molar-refractivity contribution is -0.123. The lowest BCUT2D eigenvalue weighted by Crippen LogP contribution is -2.34. The van der Waals surface area contributed by atoms with E-state index >= 15 is 0 Å². The van der Waals surface area contributed by atoms with Crippen molar-refractivity contribution in [3.63, 3.8) is 0 Å². The van der Waals surface area contributed by atoms with Gasteiger partial charge < -0.3 is 15.4 Å². The Bertz CT molecular complexity index is 1360. The minimum absolute atomic E-state index is 0.0434. The molecule has 3 N–H and O–H groups in total. The number of nitrogens with one attached hydrogen (secondary N) is 3. The van der Waals surface area contributed by atoms with Gasteiger partial charge in [0.2, 0.25) is 0 Å². The summed E-state index contributed by atoms with van der Waals surface area (Å²) in [6.45, 7) is 3.79. The molecule has 176 valence electrons. The Kier molecular flexibility index (Phi) is 6.26. The van der Waals surface area contributed by atoms with E-state index < -0.39 is 0 Å². The highest BCUT2D eigenvalue weighted by atomic mass is 16.5. The number of ether oxygens (including phenoxy) is 1. The van der Waals surface area contributed by atoms with Crippen LogP contribution < -0.4 is 15.4 Å². The normalized spacial score (nSPS) is 12.0. The van der Waals surface area contributed by atoms with Crippen molar-refractivity contribution >= 4 is 23.5 Å². The molecule has 8 heteroatoms. The van der Waals surface area contributed by atoms with Crippen molar-refractivity contribution < 1.29 is 9.53 Å². The van der Waals surface area contributed by atoms with Crippen LogP contribution in [0, 0.1) is 0 Å². The van der Waals surface area contributed by atoms with E-state index in [0.29, 0.717) is 11.6 Å². The molecule has 0 unspecified atom stereocenters. The Labute approximate surface area is 203 Å². The largest absolute Gasteiger partial charge is 0.484 e. The summed E-state index contributed by atoms with van der Waals surface area (Å²) in [5.41, 5.74) is 5.82. The number of nitrogens with zero attached hydrogens (tertiary/aromatic N) is 3. The zero-order chi connectivity index (χ0) is 24.2. The second-order valence-corrected chi connectivity index (χ2v) is 8.59. The number of allylic oxidation sites excluding steroid dienone is 1. The second-order valence-electron chi connectivity index (χ2n) is 8.59. The Morgan fingerprint density at radius 3 is 2.71 bits per heavy atom. The molecule has 5 rings (SSSR count). The van der Waals surface area contributed by atoms with Crippen LogP contribution in [0.25, 0.3) is 28.6 Å². The molecule has 2 aromatic carbocycles. The van der Waals surface area contributed by atoms with Crippen LogP contribution in [-0.4, -0.2) is 38.7 Å². The lowest BCUT2D eigenvalue weighted by Gasteiger charge is -2.13. The lowest BCUT2D eigenvalue weighted by atomic mass is 10.1. The Morgan fingerprint density at radius 2 is 1.94 bits per heavy atom. The molecule has 1 aliphatic carbocycles. The molecule has 1 amide bonds. The summed E-state index contributed by atoms with van der Waals surface area (Å²) in [7, 11) is 0. The third-order valence-corrected chi connectivity index (χ3v) is 5.51. The molecule has 0 aliphatic heterocycles. The van der Waals surface area contributed by atoms with E-state index in [4.69, 9.17) is 14.7 Å². The zero-order valence-corrected chi connectivity index (χ0v) is 19.6.